The van der Waals surface area contributed by atoms with Gasteiger partial charge < -0.3 is 14.0 Å². The Balaban J connectivity index is 4.28. The molecule has 170 valence electrons. The number of hydrogen-bond donors (Lipinski definition) is 1. The average molecular weight is 441 g/mol. The van der Waals surface area contributed by atoms with Gasteiger partial charge >= 0.3 is 0 Å². The number of unbranched alkanes of at least 4 members (excludes halogenated alkanes) is 1. The van der Waals surface area contributed by atoms with Crippen LogP contribution in [-0.2, 0) is 8.85 Å². The second-order valence-corrected chi connectivity index (χ2v) is 20.7. The highest BCUT2D eigenvalue weighted by atomic mass is 28.4. The van der Waals surface area contributed by atoms with Crippen LogP contribution in [0.4, 0.5) is 0 Å². The lowest BCUT2D eigenvalue weighted by atomic mass is 9.97. The Kier molecular flexibility index (Phi) is 11.7. The molecule has 3 nitrogen and oxygen atoms in total. The molecule has 0 saturated carbocycles. The molecule has 0 fully saturated rings. The van der Waals surface area contributed by atoms with Crippen molar-refractivity contribution in [3.05, 3.63) is 12.7 Å². The molecular weight excluding hydrogens is 392 g/mol. The maximum absolute atomic E-state index is 10.4. The highest BCUT2D eigenvalue weighted by Gasteiger charge is 2.37. The minimum Gasteiger partial charge on any atom is -0.417 e. The minimum atomic E-state index is -1.70. The Morgan fingerprint density at radius 2 is 1.34 bits per heavy atom. The van der Waals surface area contributed by atoms with Crippen molar-refractivity contribution in [2.45, 2.75) is 110 Å². The van der Waals surface area contributed by atoms with Crippen molar-refractivity contribution < 1.29 is 14.0 Å². The van der Waals surface area contributed by atoms with E-state index in [-0.39, 0.29) is 16.0 Å². The van der Waals surface area contributed by atoms with Crippen LogP contribution in [0, 0.1) is 17.8 Å². The molecule has 0 aliphatic carbocycles. The monoisotopic (exact) mass is 440 g/mol. The summed E-state index contributed by atoms with van der Waals surface area (Å²) in [4.78, 5) is 0. The lowest BCUT2D eigenvalue weighted by molar-refractivity contribution is 0.172. The van der Waals surface area contributed by atoms with Crippen LogP contribution in [0.15, 0.2) is 12.7 Å². The van der Waals surface area contributed by atoms with Crippen LogP contribution in [-0.4, -0.2) is 41.1 Å². The summed E-state index contributed by atoms with van der Waals surface area (Å²) in [6.45, 7) is 28.0. The van der Waals surface area contributed by atoms with Crippen LogP contribution in [0.25, 0.3) is 0 Å². The average Bonchev–Trinajstić information content (AvgIpc) is 2.55. The summed E-state index contributed by atoms with van der Waals surface area (Å²) in [7, 11) is -3.37. The molecule has 1 N–H and O–H groups in total. The molecule has 0 aromatic heterocycles. The van der Waals surface area contributed by atoms with Crippen molar-refractivity contribution in [1.29, 1.82) is 0 Å². The van der Waals surface area contributed by atoms with E-state index in [4.69, 9.17) is 8.85 Å². The first-order valence-corrected chi connectivity index (χ1v) is 16.9. The Morgan fingerprint density at radius 1 is 0.897 bits per heavy atom. The van der Waals surface area contributed by atoms with Crippen molar-refractivity contribution in [2.24, 2.45) is 5.92 Å². The van der Waals surface area contributed by atoms with E-state index in [0.717, 1.165) is 38.9 Å². The molecule has 2 atom stereocenters. The smallest absolute Gasteiger partial charge is 0.191 e. The van der Waals surface area contributed by atoms with Gasteiger partial charge in [0.15, 0.2) is 16.6 Å². The molecule has 5 heteroatoms. The number of aliphatic hydroxyl groups excluding tert-OH is 1. The lowest BCUT2D eigenvalue weighted by Crippen LogP contribution is -2.41. The van der Waals surface area contributed by atoms with Gasteiger partial charge in [-0.25, -0.2) is 0 Å². The fourth-order valence-electron chi connectivity index (χ4n) is 2.26. The van der Waals surface area contributed by atoms with Gasteiger partial charge in [0.05, 0.1) is 0 Å². The zero-order valence-corrected chi connectivity index (χ0v) is 22.9. The normalized spacial score (nSPS) is 15.4. The van der Waals surface area contributed by atoms with Crippen molar-refractivity contribution >= 4 is 16.6 Å². The Bertz CT molecular complexity index is 545. The first kappa shape index (κ1) is 28.6. The van der Waals surface area contributed by atoms with E-state index in [1.807, 2.05) is 6.08 Å². The Hall–Kier alpha value is -0.386. The summed E-state index contributed by atoms with van der Waals surface area (Å²) in [5, 5.41) is 10.9. The molecule has 0 saturated heterocycles. The lowest BCUT2D eigenvalue weighted by Gasteiger charge is -2.36. The third-order valence-corrected chi connectivity index (χ3v) is 15.7. The maximum atomic E-state index is 10.4. The molecule has 0 heterocycles. The van der Waals surface area contributed by atoms with Gasteiger partial charge in [-0.3, -0.25) is 0 Å². The predicted octanol–water partition coefficient (Wildman–Crippen LogP) is 6.76. The predicted molar refractivity (Wildman–Crippen MR) is 132 cm³/mol. The molecule has 0 aromatic carbocycles. The fraction of sp³-hybridized carbons (Fsp3) is 0.833. The maximum Gasteiger partial charge on any atom is 0.191 e. The van der Waals surface area contributed by atoms with Gasteiger partial charge in [0, 0.05) is 25.6 Å². The van der Waals surface area contributed by atoms with E-state index in [1.165, 1.54) is 0 Å². The first-order chi connectivity index (χ1) is 13.0. The van der Waals surface area contributed by atoms with Crippen molar-refractivity contribution in [2.75, 3.05) is 13.2 Å². The molecule has 0 aromatic rings. The molecule has 0 unspecified atom stereocenters. The van der Waals surface area contributed by atoms with Gasteiger partial charge in [-0.1, -0.05) is 53.5 Å². The molecule has 0 aliphatic rings. The summed E-state index contributed by atoms with van der Waals surface area (Å²) < 4.78 is 12.4. The summed E-state index contributed by atoms with van der Waals surface area (Å²) in [5.74, 6) is 6.12. The topological polar surface area (TPSA) is 38.7 Å². The van der Waals surface area contributed by atoms with E-state index in [1.54, 1.807) is 0 Å². The first-order valence-electron chi connectivity index (χ1n) is 11.1. The van der Waals surface area contributed by atoms with Crippen LogP contribution >= 0.6 is 0 Å². The van der Waals surface area contributed by atoms with Gasteiger partial charge in [-0.15, -0.1) is 12.5 Å². The van der Waals surface area contributed by atoms with Crippen LogP contribution in [0.2, 0.25) is 36.3 Å². The molecule has 0 radical (unpaired) electrons. The zero-order chi connectivity index (χ0) is 22.9. The van der Waals surface area contributed by atoms with Gasteiger partial charge in [0.2, 0.25) is 0 Å². The second-order valence-electron chi connectivity index (χ2n) is 11.1. The van der Waals surface area contributed by atoms with Crippen LogP contribution in [0.5, 0.6) is 0 Å². The van der Waals surface area contributed by atoms with E-state index in [9.17, 15) is 5.11 Å². The number of aliphatic hydroxyl groups is 1. The van der Waals surface area contributed by atoms with E-state index in [0.29, 0.717) is 0 Å². The van der Waals surface area contributed by atoms with Gasteiger partial charge in [-0.2, -0.15) is 0 Å². The fourth-order valence-corrected chi connectivity index (χ4v) is 4.43. The third kappa shape index (κ3) is 10.5. The van der Waals surface area contributed by atoms with Crippen molar-refractivity contribution in [3.8, 4) is 11.8 Å². The third-order valence-electron chi connectivity index (χ3n) is 6.62. The summed E-state index contributed by atoms with van der Waals surface area (Å²) in [6, 6.07) is 0. The molecule has 29 heavy (non-hydrogen) atoms. The quantitative estimate of drug-likeness (QED) is 0.167. The van der Waals surface area contributed by atoms with E-state index < -0.39 is 22.7 Å². The Morgan fingerprint density at radius 3 is 1.76 bits per heavy atom. The summed E-state index contributed by atoms with van der Waals surface area (Å²) in [5.41, 5.74) is 0. The molecule has 0 aliphatic heterocycles. The van der Waals surface area contributed by atoms with E-state index >= 15 is 0 Å². The molecular formula is C24H48O3Si2. The Labute approximate surface area is 183 Å². The van der Waals surface area contributed by atoms with Gasteiger partial charge in [-0.05, 0) is 55.5 Å². The molecule has 0 rings (SSSR count). The SMILES string of the molecule is C=C[C@@H](CCCO[Si](C)(C)C(C)(C)C)[C@H](O)C#CCCCO[Si](C)(C)C(C)(C)C. The van der Waals surface area contributed by atoms with Gasteiger partial charge in [0.1, 0.15) is 6.10 Å². The second kappa shape index (κ2) is 11.9. The zero-order valence-electron chi connectivity index (χ0n) is 20.9. The van der Waals surface area contributed by atoms with Crippen molar-refractivity contribution in [3.63, 3.8) is 0 Å². The van der Waals surface area contributed by atoms with Gasteiger partial charge in [0.25, 0.3) is 0 Å². The largest absolute Gasteiger partial charge is 0.417 e. The highest BCUT2D eigenvalue weighted by Crippen LogP contribution is 2.37. The summed E-state index contributed by atoms with van der Waals surface area (Å²) in [6.07, 6.45) is 4.61. The van der Waals surface area contributed by atoms with Crippen molar-refractivity contribution in [1.82, 2.24) is 0 Å². The molecule has 0 amide bonds. The van der Waals surface area contributed by atoms with E-state index in [2.05, 4.69) is 86.2 Å². The molecule has 0 spiro atoms. The minimum absolute atomic E-state index is 0.00556. The van der Waals surface area contributed by atoms with Crippen LogP contribution in [0.1, 0.15) is 67.2 Å². The highest BCUT2D eigenvalue weighted by molar-refractivity contribution is 6.74. The number of hydrogen-bond acceptors (Lipinski definition) is 3. The van der Waals surface area contributed by atoms with Crippen LogP contribution < -0.4 is 0 Å². The van der Waals surface area contributed by atoms with Crippen LogP contribution in [0.3, 0.4) is 0 Å². The molecule has 0 bridgehead atoms. The summed E-state index contributed by atoms with van der Waals surface area (Å²) >= 11 is 0. The standard InChI is InChI=1S/C24H48O3Si2/c1-12-21(17-16-20-27-29(10,11)24(5,6)7)22(25)18-14-13-15-19-26-28(8,9)23(2,3)4/h12,21-22,25H,1,13,15-17,19-20H2,2-11H3/t21-,22+/m0/s1. The number of rotatable bonds is 11.